The van der Waals surface area contributed by atoms with Crippen LogP contribution in [0.15, 0.2) is 0 Å². The molecule has 0 aliphatic heterocycles. The van der Waals surface area contributed by atoms with Crippen LogP contribution in [0.1, 0.15) is 46.0 Å². The molecule has 1 saturated carbocycles. The van der Waals surface area contributed by atoms with Crippen LogP contribution in [0.25, 0.3) is 0 Å². The minimum Gasteiger partial charge on any atom is -0.215 e. The molecular weight excluding hydrogens is 222 g/mol. The van der Waals surface area contributed by atoms with Crippen LogP contribution < -0.4 is 4.72 Å². The Labute approximate surface area is 100 Å². The van der Waals surface area contributed by atoms with Gasteiger partial charge in [-0.15, -0.1) is 0 Å². The maximum atomic E-state index is 11.0. The van der Waals surface area contributed by atoms with Crippen molar-refractivity contribution in [3.05, 3.63) is 0 Å². The summed E-state index contributed by atoms with van der Waals surface area (Å²) in [6.45, 7) is 5.18. The van der Waals surface area contributed by atoms with Crippen molar-refractivity contribution in [3.63, 3.8) is 0 Å². The highest BCUT2D eigenvalue weighted by molar-refractivity contribution is 7.88. The van der Waals surface area contributed by atoms with Gasteiger partial charge in [0.15, 0.2) is 0 Å². The lowest BCUT2D eigenvalue weighted by Gasteiger charge is -2.29. The molecule has 0 aromatic rings. The summed E-state index contributed by atoms with van der Waals surface area (Å²) in [6.07, 6.45) is 7.46. The van der Waals surface area contributed by atoms with E-state index >= 15 is 0 Å². The van der Waals surface area contributed by atoms with Crippen LogP contribution in [0.2, 0.25) is 0 Å². The van der Waals surface area contributed by atoms with Gasteiger partial charge in [0, 0.05) is 6.54 Å². The van der Waals surface area contributed by atoms with E-state index in [0.29, 0.717) is 12.5 Å². The summed E-state index contributed by atoms with van der Waals surface area (Å²) in [6, 6.07) is 0. The van der Waals surface area contributed by atoms with Crippen molar-refractivity contribution in [1.82, 2.24) is 4.72 Å². The van der Waals surface area contributed by atoms with E-state index in [1.165, 1.54) is 38.4 Å². The van der Waals surface area contributed by atoms with Crippen LogP contribution in [0, 0.1) is 17.8 Å². The Morgan fingerprint density at radius 3 is 2.06 bits per heavy atom. The second-order valence-electron chi connectivity index (χ2n) is 5.64. The van der Waals surface area contributed by atoms with E-state index in [1.54, 1.807) is 0 Å². The lowest BCUT2D eigenvalue weighted by Crippen LogP contribution is -2.30. The predicted molar refractivity (Wildman–Crippen MR) is 67.7 cm³/mol. The second-order valence-corrected chi connectivity index (χ2v) is 7.47. The number of hydrogen-bond donors (Lipinski definition) is 1. The van der Waals surface area contributed by atoms with Crippen molar-refractivity contribution in [3.8, 4) is 0 Å². The van der Waals surface area contributed by atoms with Gasteiger partial charge < -0.3 is 0 Å². The molecule has 1 rings (SSSR count). The predicted octanol–water partition coefficient (Wildman–Crippen LogP) is 2.39. The first-order valence-corrected chi connectivity index (χ1v) is 8.20. The van der Waals surface area contributed by atoms with Gasteiger partial charge in [0.25, 0.3) is 0 Å². The molecule has 96 valence electrons. The maximum Gasteiger partial charge on any atom is 0.208 e. The number of hydrogen-bond acceptors (Lipinski definition) is 2. The molecule has 0 atom stereocenters. The Hall–Kier alpha value is -0.0900. The molecule has 1 fully saturated rings. The molecular formula is C12H25NO2S. The van der Waals surface area contributed by atoms with E-state index < -0.39 is 10.0 Å². The maximum absolute atomic E-state index is 11.0. The van der Waals surface area contributed by atoms with E-state index in [9.17, 15) is 8.42 Å². The standard InChI is InChI=1S/C12H25NO2S/c1-10(2)8-11-4-6-12(7-5-11)9-13-16(3,14)15/h10-13H,4-9H2,1-3H3. The summed E-state index contributed by atoms with van der Waals surface area (Å²) in [5.41, 5.74) is 0. The van der Waals surface area contributed by atoms with Crippen LogP contribution in [0.3, 0.4) is 0 Å². The summed E-state index contributed by atoms with van der Waals surface area (Å²) >= 11 is 0. The Bertz CT molecular complexity index is 290. The molecule has 0 radical (unpaired) electrons. The molecule has 0 saturated heterocycles. The first-order valence-electron chi connectivity index (χ1n) is 6.31. The number of nitrogens with one attached hydrogen (secondary N) is 1. The van der Waals surface area contributed by atoms with Gasteiger partial charge in [0.1, 0.15) is 0 Å². The van der Waals surface area contributed by atoms with Crippen LogP contribution in [0.5, 0.6) is 0 Å². The highest BCUT2D eigenvalue weighted by Gasteiger charge is 2.22. The normalized spacial score (nSPS) is 27.2. The van der Waals surface area contributed by atoms with Crippen molar-refractivity contribution in [2.45, 2.75) is 46.0 Å². The van der Waals surface area contributed by atoms with Crippen LogP contribution >= 0.6 is 0 Å². The lowest BCUT2D eigenvalue weighted by molar-refractivity contribution is 0.245. The fourth-order valence-corrected chi connectivity index (χ4v) is 3.15. The summed E-state index contributed by atoms with van der Waals surface area (Å²) < 4.78 is 24.6. The Morgan fingerprint density at radius 1 is 1.12 bits per heavy atom. The van der Waals surface area contributed by atoms with Gasteiger partial charge in [0.05, 0.1) is 6.26 Å². The highest BCUT2D eigenvalue weighted by Crippen LogP contribution is 2.32. The van der Waals surface area contributed by atoms with Gasteiger partial charge in [-0.2, -0.15) is 0 Å². The van der Waals surface area contributed by atoms with Gasteiger partial charge in [-0.1, -0.05) is 26.7 Å². The third-order valence-corrected chi connectivity index (χ3v) is 4.10. The minimum atomic E-state index is -3.01. The van der Waals surface area contributed by atoms with Crippen molar-refractivity contribution < 1.29 is 8.42 Å². The molecule has 0 aromatic carbocycles. The van der Waals surface area contributed by atoms with Gasteiger partial charge >= 0.3 is 0 Å². The molecule has 1 aliphatic rings. The summed E-state index contributed by atoms with van der Waals surface area (Å²) in [5, 5.41) is 0. The Balaban J connectivity index is 2.22. The number of rotatable bonds is 5. The molecule has 0 amide bonds. The third-order valence-electron chi connectivity index (χ3n) is 3.41. The van der Waals surface area contributed by atoms with E-state index in [-0.39, 0.29) is 0 Å². The Morgan fingerprint density at radius 2 is 1.62 bits per heavy atom. The summed E-state index contributed by atoms with van der Waals surface area (Å²) in [4.78, 5) is 0. The van der Waals surface area contributed by atoms with Gasteiger partial charge in [-0.25, -0.2) is 13.1 Å². The van der Waals surface area contributed by atoms with E-state index in [0.717, 1.165) is 11.8 Å². The van der Waals surface area contributed by atoms with Crippen LogP contribution in [-0.4, -0.2) is 21.2 Å². The van der Waals surface area contributed by atoms with Crippen molar-refractivity contribution >= 4 is 10.0 Å². The van der Waals surface area contributed by atoms with E-state index in [1.807, 2.05) is 0 Å². The molecule has 0 aromatic heterocycles. The molecule has 4 heteroatoms. The van der Waals surface area contributed by atoms with Gasteiger partial charge in [-0.05, 0) is 37.0 Å². The highest BCUT2D eigenvalue weighted by atomic mass is 32.2. The molecule has 0 heterocycles. The molecule has 3 nitrogen and oxygen atoms in total. The van der Waals surface area contributed by atoms with E-state index in [2.05, 4.69) is 18.6 Å². The first-order chi connectivity index (χ1) is 7.37. The molecule has 1 N–H and O–H groups in total. The first kappa shape index (κ1) is 14.0. The summed E-state index contributed by atoms with van der Waals surface area (Å²) in [7, 11) is -3.01. The topological polar surface area (TPSA) is 46.2 Å². The van der Waals surface area contributed by atoms with E-state index in [4.69, 9.17) is 0 Å². The largest absolute Gasteiger partial charge is 0.215 e. The smallest absolute Gasteiger partial charge is 0.208 e. The van der Waals surface area contributed by atoms with Crippen molar-refractivity contribution in [1.29, 1.82) is 0 Å². The van der Waals surface area contributed by atoms with Crippen LogP contribution in [0.4, 0.5) is 0 Å². The fourth-order valence-electron chi connectivity index (χ4n) is 2.61. The zero-order valence-corrected chi connectivity index (χ0v) is 11.5. The molecule has 0 unspecified atom stereocenters. The third kappa shape index (κ3) is 5.85. The minimum absolute atomic E-state index is 0.554. The van der Waals surface area contributed by atoms with Crippen molar-refractivity contribution in [2.24, 2.45) is 17.8 Å². The SMILES string of the molecule is CC(C)CC1CCC(CNS(C)(=O)=O)CC1. The molecule has 16 heavy (non-hydrogen) atoms. The average molecular weight is 247 g/mol. The Kier molecular flexibility index (Phi) is 5.25. The molecule has 1 aliphatic carbocycles. The quantitative estimate of drug-likeness (QED) is 0.811. The average Bonchev–Trinajstić information content (AvgIpc) is 2.14. The monoisotopic (exact) mass is 247 g/mol. The number of sulfonamides is 1. The second kappa shape index (κ2) is 6.01. The summed E-state index contributed by atoms with van der Waals surface area (Å²) in [5.74, 6) is 2.21. The lowest BCUT2D eigenvalue weighted by atomic mass is 9.78. The van der Waals surface area contributed by atoms with Gasteiger partial charge in [-0.3, -0.25) is 0 Å². The zero-order chi connectivity index (χ0) is 12.2. The van der Waals surface area contributed by atoms with Crippen molar-refractivity contribution in [2.75, 3.05) is 12.8 Å². The van der Waals surface area contributed by atoms with Gasteiger partial charge in [0.2, 0.25) is 10.0 Å². The molecule has 0 spiro atoms. The zero-order valence-electron chi connectivity index (χ0n) is 10.7. The molecule has 0 bridgehead atoms. The van der Waals surface area contributed by atoms with Crippen LogP contribution in [-0.2, 0) is 10.0 Å². The fraction of sp³-hybridized carbons (Fsp3) is 1.00.